The number of hydrogen-bond acceptors (Lipinski definition) is 3. The van der Waals surface area contributed by atoms with Crippen LogP contribution in [0.1, 0.15) is 23.3 Å². The summed E-state index contributed by atoms with van der Waals surface area (Å²) in [5.74, 6) is 1.76. The summed E-state index contributed by atoms with van der Waals surface area (Å²) < 4.78 is 11.9. The van der Waals surface area contributed by atoms with Crippen LogP contribution in [-0.4, -0.2) is 12.5 Å². The second-order valence-corrected chi connectivity index (χ2v) is 5.92. The molecular weight excluding hydrogens is 334 g/mol. The van der Waals surface area contributed by atoms with Crippen LogP contribution < -0.4 is 10.1 Å². The van der Waals surface area contributed by atoms with Gasteiger partial charge in [0, 0.05) is 35.8 Å². The van der Waals surface area contributed by atoms with E-state index < -0.39 is 0 Å². The summed E-state index contributed by atoms with van der Waals surface area (Å²) in [5, 5.41) is 2.94. The van der Waals surface area contributed by atoms with Crippen molar-refractivity contribution in [3.63, 3.8) is 0 Å². The van der Waals surface area contributed by atoms with Crippen LogP contribution in [0.25, 0.3) is 0 Å². The first-order chi connectivity index (χ1) is 10.2. The Bertz CT molecular complexity index is 637. The monoisotopic (exact) mass is 349 g/mol. The Morgan fingerprint density at radius 2 is 2.29 bits per heavy atom. The fourth-order valence-electron chi connectivity index (χ4n) is 2.45. The van der Waals surface area contributed by atoms with E-state index >= 15 is 0 Å². The molecular formula is C16H16BrNO3. The van der Waals surface area contributed by atoms with E-state index in [0.717, 1.165) is 28.0 Å². The summed E-state index contributed by atoms with van der Waals surface area (Å²) >= 11 is 3.50. The Kier molecular flexibility index (Phi) is 4.29. The van der Waals surface area contributed by atoms with E-state index in [1.807, 2.05) is 18.2 Å². The molecule has 0 aliphatic carbocycles. The molecule has 0 radical (unpaired) electrons. The predicted molar refractivity (Wildman–Crippen MR) is 82.2 cm³/mol. The lowest BCUT2D eigenvalue weighted by molar-refractivity contribution is -0.121. The maximum absolute atomic E-state index is 11.9. The highest BCUT2D eigenvalue weighted by Crippen LogP contribution is 2.32. The van der Waals surface area contributed by atoms with Crippen molar-refractivity contribution in [1.29, 1.82) is 0 Å². The van der Waals surface area contributed by atoms with Gasteiger partial charge in [-0.25, -0.2) is 0 Å². The van der Waals surface area contributed by atoms with E-state index in [0.29, 0.717) is 26.0 Å². The number of halogens is 1. The zero-order valence-corrected chi connectivity index (χ0v) is 13.1. The fraction of sp³-hybridized carbons (Fsp3) is 0.312. The Balaban J connectivity index is 1.56. The second-order valence-electron chi connectivity index (χ2n) is 5.01. The molecule has 2 aromatic rings. The molecule has 0 atom stereocenters. The van der Waals surface area contributed by atoms with Gasteiger partial charge in [0.15, 0.2) is 0 Å². The van der Waals surface area contributed by atoms with Crippen molar-refractivity contribution in [2.24, 2.45) is 0 Å². The van der Waals surface area contributed by atoms with Gasteiger partial charge in [-0.3, -0.25) is 4.79 Å². The molecule has 0 fully saturated rings. The lowest BCUT2D eigenvalue weighted by Gasteiger charge is -2.10. The van der Waals surface area contributed by atoms with Crippen LogP contribution in [0.15, 0.2) is 39.4 Å². The van der Waals surface area contributed by atoms with Crippen LogP contribution in [-0.2, 0) is 24.2 Å². The minimum atomic E-state index is 0.0122. The molecule has 1 aliphatic rings. The first-order valence-electron chi connectivity index (χ1n) is 6.95. The summed E-state index contributed by atoms with van der Waals surface area (Å²) in [6, 6.07) is 7.78. The van der Waals surface area contributed by atoms with Crippen molar-refractivity contribution in [2.75, 3.05) is 6.61 Å². The van der Waals surface area contributed by atoms with E-state index in [1.165, 1.54) is 5.56 Å². The molecule has 4 nitrogen and oxygen atoms in total. The summed E-state index contributed by atoms with van der Waals surface area (Å²) in [7, 11) is 0. The molecule has 21 heavy (non-hydrogen) atoms. The van der Waals surface area contributed by atoms with Crippen LogP contribution in [0.5, 0.6) is 5.75 Å². The Hall–Kier alpha value is -1.75. The Labute approximate surface area is 131 Å². The van der Waals surface area contributed by atoms with Gasteiger partial charge in [0.25, 0.3) is 0 Å². The molecule has 1 aromatic carbocycles. The number of furan rings is 1. The molecule has 1 aromatic heterocycles. The zero-order valence-electron chi connectivity index (χ0n) is 11.5. The first kappa shape index (κ1) is 14.2. The third-order valence-corrected chi connectivity index (χ3v) is 3.94. The molecule has 3 rings (SSSR count). The first-order valence-corrected chi connectivity index (χ1v) is 7.75. The van der Waals surface area contributed by atoms with E-state index in [1.54, 1.807) is 6.26 Å². The minimum absolute atomic E-state index is 0.0122. The van der Waals surface area contributed by atoms with Crippen molar-refractivity contribution >= 4 is 21.8 Å². The molecule has 2 heterocycles. The molecule has 1 amide bonds. The number of benzene rings is 1. The molecule has 0 saturated carbocycles. The highest BCUT2D eigenvalue weighted by molar-refractivity contribution is 9.10. The number of carbonyl (C=O) groups excluding carboxylic acids is 1. The maximum atomic E-state index is 11.9. The van der Waals surface area contributed by atoms with Gasteiger partial charge in [0.05, 0.1) is 12.9 Å². The molecule has 5 heteroatoms. The highest BCUT2D eigenvalue weighted by Gasteiger charge is 2.17. The SMILES string of the molecule is O=C(CCc1ccco1)NCc1cc(Br)cc2c1OCC2. The van der Waals surface area contributed by atoms with Gasteiger partial charge in [-0.15, -0.1) is 0 Å². The lowest BCUT2D eigenvalue weighted by atomic mass is 10.1. The number of nitrogens with one attached hydrogen (secondary N) is 1. The van der Waals surface area contributed by atoms with Crippen LogP contribution in [0.2, 0.25) is 0 Å². The van der Waals surface area contributed by atoms with E-state index in [2.05, 4.69) is 27.3 Å². The Morgan fingerprint density at radius 1 is 1.38 bits per heavy atom. The third kappa shape index (κ3) is 3.47. The largest absolute Gasteiger partial charge is 0.493 e. The number of rotatable bonds is 5. The van der Waals surface area contributed by atoms with Gasteiger partial charge in [0.1, 0.15) is 11.5 Å². The van der Waals surface area contributed by atoms with Gasteiger partial charge in [0.2, 0.25) is 5.91 Å². The minimum Gasteiger partial charge on any atom is -0.493 e. The molecule has 0 unspecified atom stereocenters. The van der Waals surface area contributed by atoms with Crippen molar-refractivity contribution in [3.05, 3.63) is 51.9 Å². The zero-order chi connectivity index (χ0) is 14.7. The van der Waals surface area contributed by atoms with Crippen LogP contribution >= 0.6 is 15.9 Å². The van der Waals surface area contributed by atoms with E-state index in [9.17, 15) is 4.79 Å². The average Bonchev–Trinajstić information content (AvgIpc) is 3.13. The topological polar surface area (TPSA) is 51.5 Å². The van der Waals surface area contributed by atoms with E-state index in [4.69, 9.17) is 9.15 Å². The molecule has 0 bridgehead atoms. The fourth-order valence-corrected chi connectivity index (χ4v) is 3.00. The third-order valence-electron chi connectivity index (χ3n) is 3.48. The van der Waals surface area contributed by atoms with Crippen molar-refractivity contribution < 1.29 is 13.9 Å². The van der Waals surface area contributed by atoms with Gasteiger partial charge in [-0.2, -0.15) is 0 Å². The van der Waals surface area contributed by atoms with Crippen LogP contribution in [0.4, 0.5) is 0 Å². The maximum Gasteiger partial charge on any atom is 0.220 e. The number of amides is 1. The lowest BCUT2D eigenvalue weighted by Crippen LogP contribution is -2.23. The summed E-state index contributed by atoms with van der Waals surface area (Å²) in [4.78, 5) is 11.9. The number of ether oxygens (including phenoxy) is 1. The van der Waals surface area contributed by atoms with Crippen molar-refractivity contribution in [3.8, 4) is 5.75 Å². The van der Waals surface area contributed by atoms with Gasteiger partial charge in [-0.05, 0) is 29.8 Å². The van der Waals surface area contributed by atoms with Gasteiger partial charge in [-0.1, -0.05) is 15.9 Å². The molecule has 0 saturated heterocycles. The average molecular weight is 350 g/mol. The molecule has 0 spiro atoms. The van der Waals surface area contributed by atoms with Crippen LogP contribution in [0, 0.1) is 0 Å². The normalized spacial score (nSPS) is 12.8. The standard InChI is InChI=1S/C16H16BrNO3/c17-13-8-11-5-7-21-16(11)12(9-13)10-18-15(19)4-3-14-2-1-6-20-14/h1-2,6,8-9H,3-5,7,10H2,(H,18,19). The van der Waals surface area contributed by atoms with Crippen LogP contribution in [0.3, 0.4) is 0 Å². The summed E-state index contributed by atoms with van der Waals surface area (Å²) in [6.45, 7) is 1.20. The molecule has 110 valence electrons. The van der Waals surface area contributed by atoms with Gasteiger partial charge >= 0.3 is 0 Å². The van der Waals surface area contributed by atoms with Crippen molar-refractivity contribution in [2.45, 2.75) is 25.8 Å². The smallest absolute Gasteiger partial charge is 0.220 e. The predicted octanol–water partition coefficient (Wildman–Crippen LogP) is 3.23. The Morgan fingerprint density at radius 3 is 3.10 bits per heavy atom. The number of hydrogen-bond donors (Lipinski definition) is 1. The number of fused-ring (bicyclic) bond motifs is 1. The summed E-state index contributed by atoms with van der Waals surface area (Å²) in [6.07, 6.45) is 3.58. The highest BCUT2D eigenvalue weighted by atomic mass is 79.9. The summed E-state index contributed by atoms with van der Waals surface area (Å²) in [5.41, 5.74) is 2.22. The number of carbonyl (C=O) groups is 1. The molecule has 1 aliphatic heterocycles. The quantitative estimate of drug-likeness (QED) is 0.901. The van der Waals surface area contributed by atoms with Gasteiger partial charge < -0.3 is 14.5 Å². The molecule has 1 N–H and O–H groups in total. The second kappa shape index (κ2) is 6.35. The number of aryl methyl sites for hydroxylation is 1. The van der Waals surface area contributed by atoms with E-state index in [-0.39, 0.29) is 5.91 Å². The van der Waals surface area contributed by atoms with Crippen molar-refractivity contribution in [1.82, 2.24) is 5.32 Å².